The Hall–Kier alpha value is -3.32. The van der Waals surface area contributed by atoms with Crippen LogP contribution in [0.4, 0.5) is 11.5 Å². The number of amides is 1. The molecule has 3 rings (SSSR count). The van der Waals surface area contributed by atoms with Gasteiger partial charge in [-0.05, 0) is 42.5 Å². The summed E-state index contributed by atoms with van der Waals surface area (Å²) in [5.41, 5.74) is 0.840. The zero-order valence-electron chi connectivity index (χ0n) is 15.2. The van der Waals surface area contributed by atoms with Crippen molar-refractivity contribution >= 4 is 29.0 Å². The fourth-order valence-corrected chi connectivity index (χ4v) is 2.55. The van der Waals surface area contributed by atoms with Crippen molar-refractivity contribution in [1.82, 2.24) is 9.97 Å². The summed E-state index contributed by atoms with van der Waals surface area (Å²) in [6.07, 6.45) is 1.33. The van der Waals surface area contributed by atoms with Crippen molar-refractivity contribution in [2.24, 2.45) is 0 Å². The number of hydrogen-bond donors (Lipinski definition) is 2. The molecule has 7 nitrogen and oxygen atoms in total. The first kappa shape index (κ1) is 19.4. The number of carbonyl (C=O) groups is 1. The normalized spacial score (nSPS) is 10.2. The van der Waals surface area contributed by atoms with Crippen LogP contribution in [-0.4, -0.2) is 36.1 Å². The maximum Gasteiger partial charge on any atom is 0.274 e. The molecular weight excluding hydrogens is 380 g/mol. The van der Waals surface area contributed by atoms with Gasteiger partial charge in [-0.3, -0.25) is 4.79 Å². The maximum atomic E-state index is 12.3. The summed E-state index contributed by atoms with van der Waals surface area (Å²) in [5.74, 6) is 1.70. The lowest BCUT2D eigenvalue weighted by Crippen LogP contribution is -2.16. The highest BCUT2D eigenvalue weighted by atomic mass is 35.5. The molecule has 0 saturated heterocycles. The Morgan fingerprint density at radius 2 is 1.86 bits per heavy atom. The molecule has 2 N–H and O–H groups in total. The summed E-state index contributed by atoms with van der Waals surface area (Å²) in [4.78, 5) is 20.5. The van der Waals surface area contributed by atoms with Crippen LogP contribution in [0, 0.1) is 0 Å². The molecule has 0 fully saturated rings. The molecule has 1 aromatic heterocycles. The zero-order valence-corrected chi connectivity index (χ0v) is 15.9. The number of halogens is 1. The number of benzene rings is 2. The molecular formula is C20H19ClN4O3. The van der Waals surface area contributed by atoms with Gasteiger partial charge in [0.05, 0.1) is 13.7 Å². The lowest BCUT2D eigenvalue weighted by molar-refractivity contribution is 0.102. The minimum Gasteiger partial charge on any atom is -0.497 e. The van der Waals surface area contributed by atoms with E-state index in [4.69, 9.17) is 21.1 Å². The van der Waals surface area contributed by atoms with Gasteiger partial charge in [-0.25, -0.2) is 9.97 Å². The highest BCUT2D eigenvalue weighted by Gasteiger charge is 2.09. The molecule has 0 saturated carbocycles. The summed E-state index contributed by atoms with van der Waals surface area (Å²) < 4.78 is 10.7. The van der Waals surface area contributed by atoms with Crippen molar-refractivity contribution in [1.29, 1.82) is 0 Å². The first-order valence-corrected chi connectivity index (χ1v) is 8.91. The number of ether oxygens (including phenoxy) is 2. The van der Waals surface area contributed by atoms with E-state index < -0.39 is 0 Å². The molecule has 2 aromatic carbocycles. The number of nitrogens with zero attached hydrogens (tertiary/aromatic N) is 2. The summed E-state index contributed by atoms with van der Waals surface area (Å²) >= 11 is 5.92. The molecule has 0 bridgehead atoms. The van der Waals surface area contributed by atoms with Crippen LogP contribution in [-0.2, 0) is 0 Å². The Morgan fingerprint density at radius 3 is 2.61 bits per heavy atom. The third-order valence-corrected chi connectivity index (χ3v) is 3.95. The van der Waals surface area contributed by atoms with Crippen molar-refractivity contribution in [3.05, 3.63) is 71.6 Å². The molecule has 3 aromatic rings. The van der Waals surface area contributed by atoms with Gasteiger partial charge in [-0.15, -0.1) is 0 Å². The van der Waals surface area contributed by atoms with Crippen LogP contribution in [0.2, 0.25) is 5.02 Å². The van der Waals surface area contributed by atoms with E-state index in [1.165, 1.54) is 6.33 Å². The van der Waals surface area contributed by atoms with E-state index in [9.17, 15) is 4.79 Å². The SMILES string of the molecule is COc1ccc(OCCNc2cc(C(=O)Nc3cccc(Cl)c3)ncn2)cc1. The van der Waals surface area contributed by atoms with Gasteiger partial charge in [-0.1, -0.05) is 17.7 Å². The number of hydrogen-bond acceptors (Lipinski definition) is 6. The average molecular weight is 399 g/mol. The molecule has 0 atom stereocenters. The van der Waals surface area contributed by atoms with Crippen LogP contribution in [0.25, 0.3) is 0 Å². The Bertz CT molecular complexity index is 935. The largest absolute Gasteiger partial charge is 0.497 e. The number of rotatable bonds is 8. The van der Waals surface area contributed by atoms with Gasteiger partial charge in [0.2, 0.25) is 0 Å². The van der Waals surface area contributed by atoms with Gasteiger partial charge in [0.15, 0.2) is 0 Å². The lowest BCUT2D eigenvalue weighted by atomic mass is 10.3. The highest BCUT2D eigenvalue weighted by Crippen LogP contribution is 2.17. The number of aromatic nitrogens is 2. The highest BCUT2D eigenvalue weighted by molar-refractivity contribution is 6.30. The van der Waals surface area contributed by atoms with Crippen molar-refractivity contribution in [3.63, 3.8) is 0 Å². The van der Waals surface area contributed by atoms with Crippen LogP contribution >= 0.6 is 11.6 Å². The van der Waals surface area contributed by atoms with Crippen LogP contribution in [0.3, 0.4) is 0 Å². The minimum atomic E-state index is -0.345. The topological polar surface area (TPSA) is 85.4 Å². The Kier molecular flexibility index (Phi) is 6.64. The molecule has 28 heavy (non-hydrogen) atoms. The van der Waals surface area contributed by atoms with E-state index in [0.717, 1.165) is 11.5 Å². The second-order valence-corrected chi connectivity index (χ2v) is 6.14. The van der Waals surface area contributed by atoms with E-state index in [1.54, 1.807) is 37.4 Å². The van der Waals surface area contributed by atoms with Gasteiger partial charge in [-0.2, -0.15) is 0 Å². The van der Waals surface area contributed by atoms with Crippen LogP contribution in [0.15, 0.2) is 60.9 Å². The fourth-order valence-electron chi connectivity index (χ4n) is 2.36. The second kappa shape index (κ2) is 9.57. The van der Waals surface area contributed by atoms with E-state index in [1.807, 2.05) is 24.3 Å². The van der Waals surface area contributed by atoms with Gasteiger partial charge in [0.25, 0.3) is 5.91 Å². The number of methoxy groups -OCH3 is 1. The fraction of sp³-hybridized carbons (Fsp3) is 0.150. The monoisotopic (exact) mass is 398 g/mol. The second-order valence-electron chi connectivity index (χ2n) is 5.70. The van der Waals surface area contributed by atoms with Gasteiger partial charge >= 0.3 is 0 Å². The molecule has 0 radical (unpaired) electrons. The van der Waals surface area contributed by atoms with E-state index in [0.29, 0.717) is 29.7 Å². The molecule has 144 valence electrons. The molecule has 0 unspecified atom stereocenters. The van der Waals surface area contributed by atoms with Crippen molar-refractivity contribution in [3.8, 4) is 11.5 Å². The average Bonchev–Trinajstić information content (AvgIpc) is 2.72. The molecule has 1 amide bonds. The Morgan fingerprint density at radius 1 is 1.07 bits per heavy atom. The molecule has 0 aliphatic heterocycles. The van der Waals surface area contributed by atoms with Gasteiger partial charge in [0.1, 0.15) is 35.9 Å². The van der Waals surface area contributed by atoms with Crippen LogP contribution in [0.5, 0.6) is 11.5 Å². The maximum absolute atomic E-state index is 12.3. The molecule has 1 heterocycles. The van der Waals surface area contributed by atoms with Crippen molar-refractivity contribution < 1.29 is 14.3 Å². The Labute approximate surface area is 167 Å². The first-order chi connectivity index (χ1) is 13.6. The van der Waals surface area contributed by atoms with E-state index in [2.05, 4.69) is 20.6 Å². The molecule has 8 heteroatoms. The standard InChI is InChI=1S/C20H19ClN4O3/c1-27-16-5-7-17(8-6-16)28-10-9-22-19-12-18(23-13-24-19)20(26)25-15-4-2-3-14(21)11-15/h2-8,11-13H,9-10H2,1H3,(H,25,26)(H,22,23,24). The summed E-state index contributed by atoms with van der Waals surface area (Å²) in [6, 6.07) is 15.8. The summed E-state index contributed by atoms with van der Waals surface area (Å²) in [6.45, 7) is 0.943. The Balaban J connectivity index is 1.50. The van der Waals surface area contributed by atoms with Gasteiger partial charge < -0.3 is 20.1 Å². The number of carbonyl (C=O) groups excluding carboxylic acids is 1. The third-order valence-electron chi connectivity index (χ3n) is 3.72. The first-order valence-electron chi connectivity index (χ1n) is 8.54. The quantitative estimate of drug-likeness (QED) is 0.560. The minimum absolute atomic E-state index is 0.244. The zero-order chi connectivity index (χ0) is 19.8. The predicted molar refractivity (Wildman–Crippen MR) is 108 cm³/mol. The third kappa shape index (κ3) is 5.59. The van der Waals surface area contributed by atoms with Crippen molar-refractivity contribution in [2.45, 2.75) is 0 Å². The van der Waals surface area contributed by atoms with Crippen LogP contribution in [0.1, 0.15) is 10.5 Å². The number of nitrogens with one attached hydrogen (secondary N) is 2. The summed E-state index contributed by atoms with van der Waals surface area (Å²) in [5, 5.41) is 6.39. The smallest absolute Gasteiger partial charge is 0.274 e. The molecule has 0 aliphatic rings. The van der Waals surface area contributed by atoms with Crippen LogP contribution < -0.4 is 20.1 Å². The summed E-state index contributed by atoms with van der Waals surface area (Å²) in [7, 11) is 1.62. The van der Waals surface area contributed by atoms with Gasteiger partial charge in [0, 0.05) is 16.8 Å². The molecule has 0 spiro atoms. The lowest BCUT2D eigenvalue weighted by Gasteiger charge is -2.09. The molecule has 0 aliphatic carbocycles. The van der Waals surface area contributed by atoms with E-state index >= 15 is 0 Å². The number of anilines is 2. The van der Waals surface area contributed by atoms with E-state index in [-0.39, 0.29) is 11.6 Å². The predicted octanol–water partition coefficient (Wildman–Crippen LogP) is 3.88. The van der Waals surface area contributed by atoms with Crippen molar-refractivity contribution in [2.75, 3.05) is 30.9 Å².